The molecular weight excluding hydrogens is 276 g/mol. The zero-order chi connectivity index (χ0) is 15.4. The van der Waals surface area contributed by atoms with Crippen LogP contribution in [-0.4, -0.2) is 41.1 Å². The molecule has 0 spiro atoms. The molecular formula is C14H14N2O5. The molecule has 1 saturated heterocycles. The maximum atomic E-state index is 11.9. The first-order valence-corrected chi connectivity index (χ1v) is 6.30. The topological polar surface area (TPSA) is 95.9 Å². The van der Waals surface area contributed by atoms with Crippen LogP contribution in [0.3, 0.4) is 0 Å². The predicted octanol–water partition coefficient (Wildman–Crippen LogP) is 1.06. The minimum absolute atomic E-state index is 0.0467. The number of carbonyl (C=O) groups excluding carboxylic acids is 2. The van der Waals surface area contributed by atoms with Crippen molar-refractivity contribution >= 4 is 24.0 Å². The smallest absolute Gasteiger partial charge is 0.329 e. The van der Waals surface area contributed by atoms with E-state index in [1.54, 1.807) is 24.3 Å². The summed E-state index contributed by atoms with van der Waals surface area (Å²) in [6.45, 7) is 1.77. The Labute approximate surface area is 120 Å². The number of imide groups is 1. The van der Waals surface area contributed by atoms with Crippen molar-refractivity contribution in [3.05, 3.63) is 35.5 Å². The molecule has 1 aromatic carbocycles. The Hall–Kier alpha value is -2.83. The molecule has 3 amide bonds. The van der Waals surface area contributed by atoms with Crippen LogP contribution in [0.1, 0.15) is 12.5 Å². The number of nitrogens with one attached hydrogen (secondary N) is 1. The Morgan fingerprint density at radius 1 is 1.33 bits per heavy atom. The highest BCUT2D eigenvalue weighted by molar-refractivity contribution is 6.15. The Morgan fingerprint density at radius 3 is 2.57 bits per heavy atom. The third-order valence-corrected chi connectivity index (χ3v) is 2.76. The van der Waals surface area contributed by atoms with Crippen molar-refractivity contribution in [3.63, 3.8) is 0 Å². The van der Waals surface area contributed by atoms with Crippen molar-refractivity contribution in [2.45, 2.75) is 6.92 Å². The van der Waals surface area contributed by atoms with E-state index in [2.05, 4.69) is 5.32 Å². The van der Waals surface area contributed by atoms with Gasteiger partial charge in [-0.1, -0.05) is 12.1 Å². The van der Waals surface area contributed by atoms with Crippen LogP contribution in [0.15, 0.2) is 30.0 Å². The first-order chi connectivity index (χ1) is 10.0. The highest BCUT2D eigenvalue weighted by atomic mass is 16.5. The van der Waals surface area contributed by atoms with Gasteiger partial charge in [0.1, 0.15) is 18.0 Å². The summed E-state index contributed by atoms with van der Waals surface area (Å²) in [6, 6.07) is 6.21. The number of aliphatic carboxylic acids is 1. The van der Waals surface area contributed by atoms with Crippen LogP contribution in [0.5, 0.6) is 5.75 Å². The Kier molecular flexibility index (Phi) is 4.22. The molecule has 1 aliphatic heterocycles. The number of carboxylic acids is 1. The van der Waals surface area contributed by atoms with Gasteiger partial charge in [-0.3, -0.25) is 9.59 Å². The van der Waals surface area contributed by atoms with Gasteiger partial charge in [0.15, 0.2) is 0 Å². The Balaban J connectivity index is 2.16. The van der Waals surface area contributed by atoms with Crippen LogP contribution in [0.25, 0.3) is 6.08 Å². The molecule has 2 N–H and O–H groups in total. The van der Waals surface area contributed by atoms with Crippen LogP contribution in [0.4, 0.5) is 4.79 Å². The minimum atomic E-state index is -1.25. The minimum Gasteiger partial charge on any atom is -0.494 e. The summed E-state index contributed by atoms with van der Waals surface area (Å²) in [6.07, 6.45) is 1.48. The van der Waals surface area contributed by atoms with Gasteiger partial charge in [-0.25, -0.2) is 9.69 Å². The molecule has 110 valence electrons. The number of carbonyl (C=O) groups is 3. The number of hydrogen-bond donors (Lipinski definition) is 2. The van der Waals surface area contributed by atoms with E-state index in [9.17, 15) is 14.4 Å². The quantitative estimate of drug-likeness (QED) is 0.624. The molecule has 0 saturated carbocycles. The van der Waals surface area contributed by atoms with Gasteiger partial charge in [0, 0.05) is 0 Å². The SMILES string of the molecule is CCOc1ccc(C=C2NC(=O)N(CC(=O)O)C2=O)cc1. The standard InChI is InChI=1S/C14H14N2O5/c1-2-21-10-5-3-9(4-6-10)7-11-13(19)16(8-12(17)18)14(20)15-11/h3-7H,2,8H2,1H3,(H,15,20)(H,17,18). The maximum absolute atomic E-state index is 11.9. The normalized spacial score (nSPS) is 16.2. The predicted molar refractivity (Wildman–Crippen MR) is 73.5 cm³/mol. The number of nitrogens with zero attached hydrogens (tertiary/aromatic N) is 1. The lowest BCUT2D eigenvalue weighted by Crippen LogP contribution is -2.35. The van der Waals surface area contributed by atoms with Crippen molar-refractivity contribution in [3.8, 4) is 5.75 Å². The second-order valence-electron chi connectivity index (χ2n) is 4.28. The van der Waals surface area contributed by atoms with Crippen LogP contribution in [0, 0.1) is 0 Å². The van der Waals surface area contributed by atoms with Crippen LogP contribution in [0.2, 0.25) is 0 Å². The van der Waals surface area contributed by atoms with Gasteiger partial charge in [-0.2, -0.15) is 0 Å². The van der Waals surface area contributed by atoms with Gasteiger partial charge in [0.05, 0.1) is 6.61 Å². The molecule has 7 heteroatoms. The molecule has 0 radical (unpaired) electrons. The molecule has 21 heavy (non-hydrogen) atoms. The summed E-state index contributed by atoms with van der Waals surface area (Å²) in [5.41, 5.74) is 0.740. The van der Waals surface area contributed by atoms with Crippen molar-refractivity contribution in [2.24, 2.45) is 0 Å². The molecule has 0 aromatic heterocycles. The molecule has 0 bridgehead atoms. The van der Waals surface area contributed by atoms with E-state index in [1.807, 2.05) is 6.92 Å². The second-order valence-corrected chi connectivity index (χ2v) is 4.28. The fourth-order valence-corrected chi connectivity index (χ4v) is 1.84. The lowest BCUT2D eigenvalue weighted by molar-refractivity contribution is -0.140. The number of hydrogen-bond acceptors (Lipinski definition) is 4. The highest BCUT2D eigenvalue weighted by Crippen LogP contribution is 2.17. The third kappa shape index (κ3) is 3.38. The van der Waals surface area contributed by atoms with Crippen LogP contribution >= 0.6 is 0 Å². The number of amides is 3. The van der Waals surface area contributed by atoms with Crippen molar-refractivity contribution in [1.82, 2.24) is 10.2 Å². The summed E-state index contributed by atoms with van der Waals surface area (Å²) in [5.74, 6) is -1.20. The first-order valence-electron chi connectivity index (χ1n) is 6.30. The molecule has 1 aliphatic rings. The summed E-state index contributed by atoms with van der Waals surface area (Å²) in [7, 11) is 0. The molecule has 1 fully saturated rings. The van der Waals surface area contributed by atoms with Gasteiger partial charge in [-0.15, -0.1) is 0 Å². The van der Waals surface area contributed by atoms with Gasteiger partial charge in [0.2, 0.25) is 0 Å². The monoisotopic (exact) mass is 290 g/mol. The van der Waals surface area contributed by atoms with E-state index in [4.69, 9.17) is 9.84 Å². The Bertz CT molecular complexity index is 606. The van der Waals surface area contributed by atoms with E-state index < -0.39 is 24.5 Å². The molecule has 2 rings (SSSR count). The number of benzene rings is 1. The van der Waals surface area contributed by atoms with E-state index in [0.717, 1.165) is 0 Å². The summed E-state index contributed by atoms with van der Waals surface area (Å²) >= 11 is 0. The van der Waals surface area contributed by atoms with E-state index in [-0.39, 0.29) is 5.70 Å². The van der Waals surface area contributed by atoms with Gasteiger partial charge < -0.3 is 15.2 Å². The highest BCUT2D eigenvalue weighted by Gasteiger charge is 2.34. The lowest BCUT2D eigenvalue weighted by Gasteiger charge is -2.06. The zero-order valence-corrected chi connectivity index (χ0v) is 11.3. The third-order valence-electron chi connectivity index (χ3n) is 2.76. The summed E-state index contributed by atoms with van der Waals surface area (Å²) < 4.78 is 5.30. The molecule has 7 nitrogen and oxygen atoms in total. The molecule has 1 aromatic rings. The van der Waals surface area contributed by atoms with Crippen molar-refractivity contribution in [2.75, 3.05) is 13.2 Å². The lowest BCUT2D eigenvalue weighted by atomic mass is 10.2. The number of ether oxygens (including phenoxy) is 1. The summed E-state index contributed by atoms with van der Waals surface area (Å²) in [4.78, 5) is 34.7. The zero-order valence-electron chi connectivity index (χ0n) is 11.3. The van der Waals surface area contributed by atoms with Crippen molar-refractivity contribution in [1.29, 1.82) is 0 Å². The Morgan fingerprint density at radius 2 is 2.00 bits per heavy atom. The number of urea groups is 1. The molecule has 1 heterocycles. The van der Waals surface area contributed by atoms with Crippen molar-refractivity contribution < 1.29 is 24.2 Å². The summed E-state index contributed by atoms with van der Waals surface area (Å²) in [5, 5.41) is 11.0. The molecule has 0 atom stereocenters. The first kappa shape index (κ1) is 14.6. The molecule has 0 unspecified atom stereocenters. The van der Waals surface area contributed by atoms with E-state index in [0.29, 0.717) is 22.8 Å². The average molecular weight is 290 g/mol. The fraction of sp³-hybridized carbons (Fsp3) is 0.214. The number of rotatable bonds is 5. The van der Waals surface area contributed by atoms with E-state index >= 15 is 0 Å². The van der Waals surface area contributed by atoms with Gasteiger partial charge in [-0.05, 0) is 30.7 Å². The van der Waals surface area contributed by atoms with Crippen LogP contribution in [-0.2, 0) is 9.59 Å². The van der Waals surface area contributed by atoms with Crippen LogP contribution < -0.4 is 10.1 Å². The van der Waals surface area contributed by atoms with E-state index in [1.165, 1.54) is 6.08 Å². The molecule has 0 aliphatic carbocycles. The maximum Gasteiger partial charge on any atom is 0.329 e. The number of carboxylic acid groups (broad SMARTS) is 1. The largest absolute Gasteiger partial charge is 0.494 e. The van der Waals surface area contributed by atoms with Gasteiger partial charge in [0.25, 0.3) is 5.91 Å². The average Bonchev–Trinajstić information content (AvgIpc) is 2.69. The second kappa shape index (κ2) is 6.08. The van der Waals surface area contributed by atoms with Gasteiger partial charge >= 0.3 is 12.0 Å². The fourth-order valence-electron chi connectivity index (χ4n) is 1.84.